The van der Waals surface area contributed by atoms with Crippen molar-refractivity contribution >= 4 is 17.7 Å². The highest BCUT2D eigenvalue weighted by molar-refractivity contribution is 5.91. The number of hydrogen-bond acceptors (Lipinski definition) is 5. The summed E-state index contributed by atoms with van der Waals surface area (Å²) >= 11 is 0. The van der Waals surface area contributed by atoms with Crippen molar-refractivity contribution < 1.29 is 14.3 Å². The molecule has 0 aliphatic rings. The fourth-order valence-electron chi connectivity index (χ4n) is 1.50. The van der Waals surface area contributed by atoms with Crippen LogP contribution in [0.2, 0.25) is 0 Å². The number of carbonyl (C=O) groups is 2. The van der Waals surface area contributed by atoms with Gasteiger partial charge in [-0.3, -0.25) is 14.5 Å². The Bertz CT molecular complexity index is 449. The van der Waals surface area contributed by atoms with E-state index in [9.17, 15) is 9.59 Å². The molecule has 1 heterocycles. The maximum absolute atomic E-state index is 11.7. The van der Waals surface area contributed by atoms with Crippen LogP contribution in [-0.4, -0.2) is 49.0 Å². The minimum absolute atomic E-state index is 0.162. The summed E-state index contributed by atoms with van der Waals surface area (Å²) in [7, 11) is 3.12. The van der Waals surface area contributed by atoms with Crippen LogP contribution in [-0.2, 0) is 14.3 Å². The highest BCUT2D eigenvalue weighted by Crippen LogP contribution is 2.05. The Morgan fingerprint density at radius 1 is 1.47 bits per heavy atom. The number of nitrogens with zero attached hydrogens (tertiary/aromatic N) is 2. The number of methoxy groups -OCH3 is 1. The van der Waals surface area contributed by atoms with Crippen molar-refractivity contribution in [1.29, 1.82) is 0 Å². The Labute approximate surface area is 112 Å². The summed E-state index contributed by atoms with van der Waals surface area (Å²) in [6.07, 6.45) is 1.91. The molecular formula is C13H19N3O3. The summed E-state index contributed by atoms with van der Waals surface area (Å²) in [4.78, 5) is 28.5. The van der Waals surface area contributed by atoms with Crippen LogP contribution < -0.4 is 5.32 Å². The molecule has 0 spiro atoms. The van der Waals surface area contributed by atoms with Gasteiger partial charge < -0.3 is 10.1 Å². The van der Waals surface area contributed by atoms with Crippen molar-refractivity contribution in [2.75, 3.05) is 32.6 Å². The van der Waals surface area contributed by atoms with Crippen LogP contribution in [0.3, 0.4) is 0 Å². The number of anilines is 1. The van der Waals surface area contributed by atoms with Crippen LogP contribution in [0.25, 0.3) is 0 Å². The van der Waals surface area contributed by atoms with Gasteiger partial charge in [0.2, 0.25) is 5.91 Å². The predicted molar refractivity (Wildman–Crippen MR) is 71.7 cm³/mol. The lowest BCUT2D eigenvalue weighted by atomic mass is 10.3. The fourth-order valence-corrected chi connectivity index (χ4v) is 1.50. The SMILES string of the molecule is COC(=O)CCN(C)CC(=O)Nc1cc(C)ccn1. The number of likely N-dealkylation sites (N-methyl/N-ethyl adjacent to an activating group) is 1. The molecule has 0 atom stereocenters. The molecule has 1 rings (SSSR count). The Balaban J connectivity index is 2.36. The maximum atomic E-state index is 11.7. The smallest absolute Gasteiger partial charge is 0.306 e. The van der Waals surface area contributed by atoms with Crippen molar-refractivity contribution in [3.8, 4) is 0 Å². The van der Waals surface area contributed by atoms with Crippen LogP contribution in [0.1, 0.15) is 12.0 Å². The first-order chi connectivity index (χ1) is 9.01. The summed E-state index contributed by atoms with van der Waals surface area (Å²) in [5, 5.41) is 2.71. The van der Waals surface area contributed by atoms with Crippen LogP contribution in [0.15, 0.2) is 18.3 Å². The first kappa shape index (κ1) is 15.1. The lowest BCUT2D eigenvalue weighted by molar-refractivity contribution is -0.141. The van der Waals surface area contributed by atoms with E-state index in [0.29, 0.717) is 12.4 Å². The molecular weight excluding hydrogens is 246 g/mol. The zero-order chi connectivity index (χ0) is 14.3. The molecule has 0 aliphatic heterocycles. The zero-order valence-corrected chi connectivity index (χ0v) is 11.5. The van der Waals surface area contributed by atoms with Crippen molar-refractivity contribution in [1.82, 2.24) is 9.88 Å². The molecule has 6 nitrogen and oxygen atoms in total. The summed E-state index contributed by atoms with van der Waals surface area (Å²) in [5.74, 6) is 0.0874. The van der Waals surface area contributed by atoms with Crippen LogP contribution >= 0.6 is 0 Å². The fraction of sp³-hybridized carbons (Fsp3) is 0.462. The highest BCUT2D eigenvalue weighted by atomic mass is 16.5. The zero-order valence-electron chi connectivity index (χ0n) is 11.5. The van der Waals surface area contributed by atoms with E-state index in [1.165, 1.54) is 7.11 Å². The minimum Gasteiger partial charge on any atom is -0.469 e. The van der Waals surface area contributed by atoms with Gasteiger partial charge in [-0.1, -0.05) is 0 Å². The molecule has 19 heavy (non-hydrogen) atoms. The molecule has 0 bridgehead atoms. The largest absolute Gasteiger partial charge is 0.469 e. The number of rotatable bonds is 6. The summed E-state index contributed by atoms with van der Waals surface area (Å²) in [6.45, 7) is 2.60. The average Bonchev–Trinajstić information content (AvgIpc) is 2.35. The van der Waals surface area contributed by atoms with Gasteiger partial charge in [-0.25, -0.2) is 4.98 Å². The third-order valence-electron chi connectivity index (χ3n) is 2.52. The molecule has 0 saturated carbocycles. The van der Waals surface area contributed by atoms with Gasteiger partial charge in [0.1, 0.15) is 5.82 Å². The summed E-state index contributed by atoms with van der Waals surface area (Å²) in [5.41, 5.74) is 1.03. The van der Waals surface area contributed by atoms with Gasteiger partial charge in [-0.05, 0) is 31.7 Å². The third kappa shape index (κ3) is 5.96. The van der Waals surface area contributed by atoms with E-state index in [0.717, 1.165) is 5.56 Å². The minimum atomic E-state index is -0.285. The third-order valence-corrected chi connectivity index (χ3v) is 2.52. The molecule has 1 aromatic rings. The number of aryl methyl sites for hydroxylation is 1. The van der Waals surface area contributed by atoms with Gasteiger partial charge in [0.05, 0.1) is 20.1 Å². The standard InChI is InChI=1S/C13H19N3O3/c1-10-4-6-14-11(8-10)15-12(17)9-16(2)7-5-13(18)19-3/h4,6,8H,5,7,9H2,1-3H3,(H,14,15,17). The van der Waals surface area contributed by atoms with E-state index >= 15 is 0 Å². The molecule has 0 saturated heterocycles. The number of nitrogens with one attached hydrogen (secondary N) is 1. The molecule has 104 valence electrons. The Morgan fingerprint density at radius 2 is 2.21 bits per heavy atom. The van der Waals surface area contributed by atoms with Crippen molar-refractivity contribution in [2.24, 2.45) is 0 Å². The van der Waals surface area contributed by atoms with Crippen molar-refractivity contribution in [3.63, 3.8) is 0 Å². The van der Waals surface area contributed by atoms with Gasteiger partial charge in [0.25, 0.3) is 0 Å². The van der Waals surface area contributed by atoms with Gasteiger partial charge in [-0.15, -0.1) is 0 Å². The average molecular weight is 265 g/mol. The highest BCUT2D eigenvalue weighted by Gasteiger charge is 2.09. The number of ether oxygens (including phenoxy) is 1. The van der Waals surface area contributed by atoms with Gasteiger partial charge in [0, 0.05) is 12.7 Å². The van der Waals surface area contributed by atoms with E-state index in [4.69, 9.17) is 0 Å². The van der Waals surface area contributed by atoms with E-state index in [1.54, 1.807) is 24.2 Å². The Kier molecular flexibility index (Phi) is 5.95. The second-order valence-electron chi connectivity index (χ2n) is 4.33. The van der Waals surface area contributed by atoms with Crippen molar-refractivity contribution in [2.45, 2.75) is 13.3 Å². The molecule has 6 heteroatoms. The van der Waals surface area contributed by atoms with Crippen LogP contribution in [0, 0.1) is 6.92 Å². The predicted octanol–water partition coefficient (Wildman–Crippen LogP) is 0.823. The maximum Gasteiger partial charge on any atom is 0.306 e. The Hall–Kier alpha value is -1.95. The van der Waals surface area contributed by atoms with Gasteiger partial charge in [-0.2, -0.15) is 0 Å². The van der Waals surface area contributed by atoms with Gasteiger partial charge in [0.15, 0.2) is 0 Å². The number of aromatic nitrogens is 1. The first-order valence-corrected chi connectivity index (χ1v) is 5.99. The van der Waals surface area contributed by atoms with E-state index in [2.05, 4.69) is 15.0 Å². The summed E-state index contributed by atoms with van der Waals surface area (Å²) in [6, 6.07) is 3.66. The monoisotopic (exact) mass is 265 g/mol. The number of pyridine rings is 1. The molecule has 1 N–H and O–H groups in total. The van der Waals surface area contributed by atoms with E-state index in [-0.39, 0.29) is 24.8 Å². The number of amides is 1. The number of hydrogen-bond donors (Lipinski definition) is 1. The number of esters is 1. The second kappa shape index (κ2) is 7.48. The molecule has 0 radical (unpaired) electrons. The molecule has 1 aromatic heterocycles. The van der Waals surface area contributed by atoms with Crippen molar-refractivity contribution in [3.05, 3.63) is 23.9 Å². The first-order valence-electron chi connectivity index (χ1n) is 5.99. The lowest BCUT2D eigenvalue weighted by Gasteiger charge is -2.15. The molecule has 0 aromatic carbocycles. The Morgan fingerprint density at radius 3 is 2.84 bits per heavy atom. The van der Waals surface area contributed by atoms with Crippen LogP contribution in [0.5, 0.6) is 0 Å². The second-order valence-corrected chi connectivity index (χ2v) is 4.33. The number of carbonyl (C=O) groups excluding carboxylic acids is 2. The van der Waals surface area contributed by atoms with E-state index in [1.807, 2.05) is 13.0 Å². The lowest BCUT2D eigenvalue weighted by Crippen LogP contribution is -2.32. The quantitative estimate of drug-likeness (QED) is 0.771. The topological polar surface area (TPSA) is 71.5 Å². The molecule has 0 unspecified atom stereocenters. The van der Waals surface area contributed by atoms with Gasteiger partial charge >= 0.3 is 5.97 Å². The molecule has 0 fully saturated rings. The van der Waals surface area contributed by atoms with Crippen LogP contribution in [0.4, 0.5) is 5.82 Å². The van der Waals surface area contributed by atoms with E-state index < -0.39 is 0 Å². The summed E-state index contributed by atoms with van der Waals surface area (Å²) < 4.78 is 4.54. The molecule has 0 aliphatic carbocycles. The molecule has 1 amide bonds. The normalized spacial score (nSPS) is 10.3.